The molecule has 0 aromatic heterocycles. The van der Waals surface area contributed by atoms with E-state index in [9.17, 15) is 4.79 Å². The maximum absolute atomic E-state index is 11.7. The lowest BCUT2D eigenvalue weighted by Gasteiger charge is -2.15. The van der Waals surface area contributed by atoms with Gasteiger partial charge in [-0.2, -0.15) is 0 Å². The highest BCUT2D eigenvalue weighted by atomic mass is 35.5. The Morgan fingerprint density at radius 1 is 1.36 bits per heavy atom. The molecule has 4 heteroatoms. The molecule has 0 bridgehead atoms. The summed E-state index contributed by atoms with van der Waals surface area (Å²) in [6.07, 6.45) is 1.61. The van der Waals surface area contributed by atoms with Gasteiger partial charge in [0.25, 0.3) is 0 Å². The third-order valence-corrected chi connectivity index (χ3v) is 2.65. The van der Waals surface area contributed by atoms with E-state index in [0.29, 0.717) is 21.3 Å². The number of nitrogens with zero attached hydrogens (tertiary/aromatic N) is 1. The van der Waals surface area contributed by atoms with Crippen LogP contribution in [-0.2, 0) is 0 Å². The molecule has 1 aliphatic heterocycles. The minimum Gasteiger partial charge on any atom is -0.293 e. The SMILES string of the molecule is CC1C=Nc2cc(Cl)cc(Cl)c2C1=O. The van der Waals surface area contributed by atoms with Crippen molar-refractivity contribution in [1.29, 1.82) is 0 Å². The summed E-state index contributed by atoms with van der Waals surface area (Å²) in [6, 6.07) is 3.20. The van der Waals surface area contributed by atoms with Crippen LogP contribution in [0.5, 0.6) is 0 Å². The Morgan fingerprint density at radius 3 is 2.79 bits per heavy atom. The maximum atomic E-state index is 11.7. The predicted molar refractivity (Wildman–Crippen MR) is 58.1 cm³/mol. The standard InChI is InChI=1S/C10H7Cl2NO/c1-5-4-13-8-3-6(11)2-7(12)9(8)10(5)14/h2-5H,1H3. The summed E-state index contributed by atoms with van der Waals surface area (Å²) < 4.78 is 0. The lowest BCUT2D eigenvalue weighted by Crippen LogP contribution is -2.16. The smallest absolute Gasteiger partial charge is 0.174 e. The van der Waals surface area contributed by atoms with E-state index in [4.69, 9.17) is 23.2 Å². The molecule has 2 rings (SSSR count). The number of aliphatic imine (C=N–C) groups is 1. The molecule has 0 amide bonds. The normalized spacial score (nSPS) is 19.6. The van der Waals surface area contributed by atoms with Crippen LogP contribution >= 0.6 is 23.2 Å². The number of benzene rings is 1. The third-order valence-electron chi connectivity index (χ3n) is 2.13. The van der Waals surface area contributed by atoms with Crippen LogP contribution in [0, 0.1) is 5.92 Å². The van der Waals surface area contributed by atoms with Gasteiger partial charge in [0.2, 0.25) is 0 Å². The number of carbonyl (C=O) groups excluding carboxylic acids is 1. The van der Waals surface area contributed by atoms with Crippen LogP contribution in [0.2, 0.25) is 10.0 Å². The van der Waals surface area contributed by atoms with Gasteiger partial charge in [0.1, 0.15) is 0 Å². The van der Waals surface area contributed by atoms with Gasteiger partial charge in [-0.1, -0.05) is 30.1 Å². The van der Waals surface area contributed by atoms with Crippen LogP contribution in [0.15, 0.2) is 17.1 Å². The molecule has 0 N–H and O–H groups in total. The van der Waals surface area contributed by atoms with Gasteiger partial charge in [0.05, 0.1) is 22.2 Å². The maximum Gasteiger partial charge on any atom is 0.174 e. The van der Waals surface area contributed by atoms with Crippen molar-refractivity contribution in [3.8, 4) is 0 Å². The first-order valence-corrected chi connectivity index (χ1v) is 4.92. The van der Waals surface area contributed by atoms with Gasteiger partial charge in [0.15, 0.2) is 5.78 Å². The van der Waals surface area contributed by atoms with Crippen LogP contribution in [0.3, 0.4) is 0 Å². The molecule has 0 radical (unpaired) electrons. The Balaban J connectivity index is 2.69. The topological polar surface area (TPSA) is 29.4 Å². The van der Waals surface area contributed by atoms with Crippen molar-refractivity contribution in [2.24, 2.45) is 10.9 Å². The predicted octanol–water partition coefficient (Wildman–Crippen LogP) is 3.53. The number of rotatable bonds is 0. The quantitative estimate of drug-likeness (QED) is 0.667. The van der Waals surface area contributed by atoms with E-state index in [0.717, 1.165) is 0 Å². The van der Waals surface area contributed by atoms with Crippen molar-refractivity contribution in [2.45, 2.75) is 6.92 Å². The van der Waals surface area contributed by atoms with Gasteiger partial charge in [-0.3, -0.25) is 9.79 Å². The average molecular weight is 228 g/mol. The minimum absolute atomic E-state index is 0.00309. The number of hydrogen-bond donors (Lipinski definition) is 0. The molecule has 1 aliphatic rings. The Morgan fingerprint density at radius 2 is 2.07 bits per heavy atom. The van der Waals surface area contributed by atoms with Crippen molar-refractivity contribution >= 4 is 40.9 Å². The molecule has 1 aromatic rings. The zero-order valence-electron chi connectivity index (χ0n) is 7.42. The van der Waals surface area contributed by atoms with Gasteiger partial charge >= 0.3 is 0 Å². The summed E-state index contributed by atoms with van der Waals surface area (Å²) in [5.74, 6) is -0.210. The zero-order chi connectivity index (χ0) is 10.3. The number of halogens is 2. The van der Waals surface area contributed by atoms with Gasteiger partial charge in [0, 0.05) is 11.2 Å². The third kappa shape index (κ3) is 1.45. The monoisotopic (exact) mass is 227 g/mol. The molecule has 0 fully saturated rings. The lowest BCUT2D eigenvalue weighted by atomic mass is 9.96. The van der Waals surface area contributed by atoms with Crippen LogP contribution < -0.4 is 0 Å². The highest BCUT2D eigenvalue weighted by molar-refractivity contribution is 6.38. The van der Waals surface area contributed by atoms with Gasteiger partial charge in [-0.25, -0.2) is 0 Å². The number of ketones is 1. The van der Waals surface area contributed by atoms with E-state index in [2.05, 4.69) is 4.99 Å². The molecule has 0 saturated carbocycles. The Hall–Kier alpha value is -0.860. The van der Waals surface area contributed by atoms with Crippen LogP contribution in [-0.4, -0.2) is 12.0 Å². The molecule has 0 spiro atoms. The van der Waals surface area contributed by atoms with Crippen LogP contribution in [0.4, 0.5) is 5.69 Å². The number of Topliss-reactive ketones (excluding diaryl/α,β-unsaturated/α-hetero) is 1. The summed E-state index contributed by atoms with van der Waals surface area (Å²) in [5, 5.41) is 0.870. The van der Waals surface area contributed by atoms with Crippen LogP contribution in [0.25, 0.3) is 0 Å². The number of hydrogen-bond acceptors (Lipinski definition) is 2. The first-order chi connectivity index (χ1) is 6.59. The summed E-state index contributed by atoms with van der Waals surface area (Å²) >= 11 is 11.7. The molecular formula is C10H7Cl2NO. The molecule has 1 atom stereocenters. The zero-order valence-corrected chi connectivity index (χ0v) is 8.93. The fourth-order valence-corrected chi connectivity index (χ4v) is 1.97. The lowest BCUT2D eigenvalue weighted by molar-refractivity contribution is 0.0962. The van der Waals surface area contributed by atoms with Crippen molar-refractivity contribution < 1.29 is 4.79 Å². The summed E-state index contributed by atoms with van der Waals surface area (Å²) in [6.45, 7) is 1.79. The fraction of sp³-hybridized carbons (Fsp3) is 0.200. The molecule has 1 unspecified atom stereocenters. The van der Waals surface area contributed by atoms with E-state index in [1.807, 2.05) is 0 Å². The molecule has 1 aromatic carbocycles. The van der Waals surface area contributed by atoms with Crippen molar-refractivity contribution in [3.05, 3.63) is 27.7 Å². The van der Waals surface area contributed by atoms with E-state index in [1.54, 1.807) is 25.3 Å². The van der Waals surface area contributed by atoms with Crippen molar-refractivity contribution in [2.75, 3.05) is 0 Å². The summed E-state index contributed by atoms with van der Waals surface area (Å²) in [4.78, 5) is 15.9. The Kier molecular flexibility index (Phi) is 2.33. The van der Waals surface area contributed by atoms with E-state index in [1.165, 1.54) is 0 Å². The van der Waals surface area contributed by atoms with E-state index < -0.39 is 0 Å². The Bertz CT molecular complexity index is 440. The highest BCUT2D eigenvalue weighted by Crippen LogP contribution is 2.34. The summed E-state index contributed by atoms with van der Waals surface area (Å²) in [5.41, 5.74) is 1.04. The molecule has 14 heavy (non-hydrogen) atoms. The highest BCUT2D eigenvalue weighted by Gasteiger charge is 2.24. The van der Waals surface area contributed by atoms with Crippen molar-refractivity contribution in [1.82, 2.24) is 0 Å². The first kappa shape index (κ1) is 9.69. The first-order valence-electron chi connectivity index (χ1n) is 4.17. The van der Waals surface area contributed by atoms with E-state index >= 15 is 0 Å². The van der Waals surface area contributed by atoms with Gasteiger partial charge in [-0.05, 0) is 12.1 Å². The van der Waals surface area contributed by atoms with Gasteiger partial charge < -0.3 is 0 Å². The van der Waals surface area contributed by atoms with Crippen LogP contribution in [0.1, 0.15) is 17.3 Å². The van der Waals surface area contributed by atoms with Gasteiger partial charge in [-0.15, -0.1) is 0 Å². The Labute approximate surface area is 91.5 Å². The van der Waals surface area contributed by atoms with E-state index in [-0.39, 0.29) is 11.7 Å². The largest absolute Gasteiger partial charge is 0.293 e. The second kappa shape index (κ2) is 3.37. The fourth-order valence-electron chi connectivity index (χ4n) is 1.39. The molecular weight excluding hydrogens is 221 g/mol. The molecule has 72 valence electrons. The molecule has 0 aliphatic carbocycles. The molecule has 1 heterocycles. The second-order valence-corrected chi connectivity index (χ2v) is 4.06. The average Bonchev–Trinajstić information content (AvgIpc) is 2.10. The summed E-state index contributed by atoms with van der Waals surface area (Å²) in [7, 11) is 0. The molecule has 0 saturated heterocycles. The van der Waals surface area contributed by atoms with Crippen molar-refractivity contribution in [3.63, 3.8) is 0 Å². The number of carbonyl (C=O) groups is 1. The molecule has 2 nitrogen and oxygen atoms in total. The number of fused-ring (bicyclic) bond motifs is 1. The second-order valence-electron chi connectivity index (χ2n) is 3.21. The minimum atomic E-state index is -0.207.